The van der Waals surface area contributed by atoms with Gasteiger partial charge in [0.2, 0.25) is 0 Å². The fourth-order valence-corrected chi connectivity index (χ4v) is 2.58. The smallest absolute Gasteiger partial charge is 0.271 e. The van der Waals surface area contributed by atoms with E-state index in [0.29, 0.717) is 5.56 Å². The summed E-state index contributed by atoms with van der Waals surface area (Å²) in [4.78, 5) is 17.5. The molecule has 2 heterocycles. The first kappa shape index (κ1) is 16.3. The van der Waals surface area contributed by atoms with Gasteiger partial charge in [0.05, 0.1) is 19.4 Å². The molecule has 0 spiro atoms. The fraction of sp³-hybridized carbons (Fsp3) is 0.278. The Morgan fingerprint density at radius 2 is 1.88 bits per heavy atom. The van der Waals surface area contributed by atoms with Crippen molar-refractivity contribution in [2.75, 3.05) is 26.3 Å². The maximum absolute atomic E-state index is 12.1. The van der Waals surface area contributed by atoms with Gasteiger partial charge in [-0.05, 0) is 29.8 Å². The first-order valence-electron chi connectivity index (χ1n) is 8.05. The molecule has 1 aliphatic rings. The number of benzene rings is 1. The van der Waals surface area contributed by atoms with Crippen molar-refractivity contribution in [2.45, 2.75) is 6.54 Å². The lowest BCUT2D eigenvalue weighted by atomic mass is 10.1. The minimum absolute atomic E-state index is 0.217. The molecule has 0 unspecified atom stereocenters. The van der Waals surface area contributed by atoms with Crippen LogP contribution in [0.5, 0.6) is 0 Å². The van der Waals surface area contributed by atoms with Crippen molar-refractivity contribution >= 4 is 12.1 Å². The lowest BCUT2D eigenvalue weighted by molar-refractivity contribution is -0.921. The fourth-order valence-electron chi connectivity index (χ4n) is 2.58. The van der Waals surface area contributed by atoms with Crippen LogP contribution in [0.1, 0.15) is 21.5 Å². The molecule has 1 fully saturated rings. The van der Waals surface area contributed by atoms with Gasteiger partial charge in [-0.15, -0.1) is 0 Å². The van der Waals surface area contributed by atoms with E-state index >= 15 is 0 Å². The molecule has 2 N–H and O–H groups in total. The summed E-state index contributed by atoms with van der Waals surface area (Å²) in [5.74, 6) is -0.217. The molecular weight excluding hydrogens is 304 g/mol. The number of nitrogens with zero attached hydrogens (tertiary/aromatic N) is 2. The number of carbonyl (C=O) groups is 1. The van der Waals surface area contributed by atoms with Gasteiger partial charge in [-0.25, -0.2) is 5.43 Å². The normalized spacial score (nSPS) is 15.5. The maximum Gasteiger partial charge on any atom is 0.271 e. The Hall–Kier alpha value is -2.57. The number of hydrogen-bond acceptors (Lipinski definition) is 4. The van der Waals surface area contributed by atoms with Gasteiger partial charge in [0.15, 0.2) is 0 Å². The molecule has 1 amide bonds. The molecule has 1 aromatic heterocycles. The molecule has 0 bridgehead atoms. The zero-order chi connectivity index (χ0) is 16.6. The van der Waals surface area contributed by atoms with E-state index in [4.69, 9.17) is 4.74 Å². The number of aromatic nitrogens is 1. The van der Waals surface area contributed by atoms with E-state index in [9.17, 15) is 4.79 Å². The zero-order valence-corrected chi connectivity index (χ0v) is 13.4. The van der Waals surface area contributed by atoms with E-state index < -0.39 is 0 Å². The molecule has 3 rings (SSSR count). The maximum atomic E-state index is 12.1. The average molecular weight is 325 g/mol. The highest BCUT2D eigenvalue weighted by Gasteiger charge is 2.14. The molecule has 1 saturated heterocycles. The third-order valence-electron chi connectivity index (χ3n) is 3.96. The Morgan fingerprint density at radius 3 is 2.58 bits per heavy atom. The molecular formula is C18H21N4O2+. The third kappa shape index (κ3) is 4.71. The highest BCUT2D eigenvalue weighted by molar-refractivity contribution is 5.94. The molecule has 0 saturated carbocycles. The van der Waals surface area contributed by atoms with Crippen LogP contribution in [0.2, 0.25) is 0 Å². The van der Waals surface area contributed by atoms with Crippen molar-refractivity contribution in [2.24, 2.45) is 5.10 Å². The number of carbonyl (C=O) groups excluding carboxylic acids is 1. The van der Waals surface area contributed by atoms with Gasteiger partial charge in [0, 0.05) is 23.5 Å². The van der Waals surface area contributed by atoms with Gasteiger partial charge < -0.3 is 9.64 Å². The minimum atomic E-state index is -0.217. The zero-order valence-electron chi connectivity index (χ0n) is 13.4. The summed E-state index contributed by atoms with van der Waals surface area (Å²) in [6.07, 6.45) is 4.95. The number of ether oxygens (including phenoxy) is 1. The molecule has 0 radical (unpaired) electrons. The summed E-state index contributed by atoms with van der Waals surface area (Å²) in [7, 11) is 0. The highest BCUT2D eigenvalue weighted by Crippen LogP contribution is 2.04. The number of morpholine rings is 1. The van der Waals surface area contributed by atoms with Crippen molar-refractivity contribution in [1.29, 1.82) is 0 Å². The number of hydrogen-bond donors (Lipinski definition) is 2. The van der Waals surface area contributed by atoms with Crippen LogP contribution < -0.4 is 10.3 Å². The van der Waals surface area contributed by atoms with Crippen molar-refractivity contribution < 1.29 is 14.4 Å². The van der Waals surface area contributed by atoms with Crippen LogP contribution in [0.4, 0.5) is 0 Å². The first-order valence-corrected chi connectivity index (χ1v) is 8.05. The second-order valence-corrected chi connectivity index (χ2v) is 5.72. The standard InChI is InChI=1S/C18H20N4O2/c23-18(21-20-13-15-5-7-19-8-6-15)17-3-1-16(2-4-17)14-22-9-11-24-12-10-22/h1-8,13H,9-12,14H2,(H,21,23)/p+1/b20-13-. The molecule has 2 aromatic rings. The van der Waals surface area contributed by atoms with E-state index in [1.807, 2.05) is 36.4 Å². The number of nitrogens with one attached hydrogen (secondary N) is 2. The largest absolute Gasteiger partial charge is 0.370 e. The van der Waals surface area contributed by atoms with E-state index in [-0.39, 0.29) is 5.91 Å². The van der Waals surface area contributed by atoms with Crippen LogP contribution in [0.3, 0.4) is 0 Å². The molecule has 6 nitrogen and oxygen atoms in total. The molecule has 1 aromatic carbocycles. The number of pyridine rings is 1. The summed E-state index contributed by atoms with van der Waals surface area (Å²) in [6, 6.07) is 11.3. The Morgan fingerprint density at radius 1 is 1.17 bits per heavy atom. The van der Waals surface area contributed by atoms with Crippen LogP contribution in [0, 0.1) is 0 Å². The highest BCUT2D eigenvalue weighted by atomic mass is 16.5. The van der Waals surface area contributed by atoms with E-state index in [1.165, 1.54) is 10.5 Å². The summed E-state index contributed by atoms with van der Waals surface area (Å²) < 4.78 is 5.37. The Balaban J connectivity index is 1.52. The van der Waals surface area contributed by atoms with Crippen LogP contribution in [-0.2, 0) is 11.3 Å². The SMILES string of the molecule is O=C(N/N=C\c1ccncc1)c1ccc(C[NH+]2CCOCC2)cc1. The predicted octanol–water partition coefficient (Wildman–Crippen LogP) is 0.261. The summed E-state index contributed by atoms with van der Waals surface area (Å²) in [6.45, 7) is 4.68. The second kappa shape index (κ2) is 8.33. The predicted molar refractivity (Wildman–Crippen MR) is 91.0 cm³/mol. The lowest BCUT2D eigenvalue weighted by Crippen LogP contribution is -3.12. The number of rotatable bonds is 5. The van der Waals surface area contributed by atoms with Crippen molar-refractivity contribution in [1.82, 2.24) is 10.4 Å². The molecule has 24 heavy (non-hydrogen) atoms. The second-order valence-electron chi connectivity index (χ2n) is 5.72. The van der Waals surface area contributed by atoms with E-state index in [2.05, 4.69) is 15.5 Å². The van der Waals surface area contributed by atoms with Gasteiger partial charge in [-0.1, -0.05) is 12.1 Å². The van der Waals surface area contributed by atoms with Gasteiger partial charge >= 0.3 is 0 Å². The first-order chi connectivity index (χ1) is 11.8. The molecule has 0 aliphatic carbocycles. The van der Waals surface area contributed by atoms with Crippen molar-refractivity contribution in [3.63, 3.8) is 0 Å². The summed E-state index contributed by atoms with van der Waals surface area (Å²) in [5, 5.41) is 3.96. The average Bonchev–Trinajstić information content (AvgIpc) is 2.64. The number of hydrazone groups is 1. The van der Waals surface area contributed by atoms with Crippen molar-refractivity contribution in [3.8, 4) is 0 Å². The van der Waals surface area contributed by atoms with Crippen LogP contribution in [-0.4, -0.2) is 43.4 Å². The van der Waals surface area contributed by atoms with Gasteiger partial charge in [0.25, 0.3) is 5.91 Å². The van der Waals surface area contributed by atoms with Gasteiger partial charge in [0.1, 0.15) is 19.6 Å². The summed E-state index contributed by atoms with van der Waals surface area (Å²) >= 11 is 0. The molecule has 124 valence electrons. The minimum Gasteiger partial charge on any atom is -0.370 e. The lowest BCUT2D eigenvalue weighted by Gasteiger charge is -2.23. The third-order valence-corrected chi connectivity index (χ3v) is 3.96. The van der Waals surface area contributed by atoms with Crippen LogP contribution in [0.25, 0.3) is 0 Å². The monoisotopic (exact) mass is 325 g/mol. The Labute approximate surface area is 141 Å². The molecule has 6 heteroatoms. The van der Waals surface area contributed by atoms with Crippen LogP contribution >= 0.6 is 0 Å². The number of amides is 1. The Kier molecular flexibility index (Phi) is 5.65. The van der Waals surface area contributed by atoms with E-state index in [1.54, 1.807) is 18.6 Å². The Bertz CT molecular complexity index is 680. The van der Waals surface area contributed by atoms with Gasteiger partial charge in [-0.2, -0.15) is 5.10 Å². The quantitative estimate of drug-likeness (QED) is 0.612. The van der Waals surface area contributed by atoms with Gasteiger partial charge in [-0.3, -0.25) is 9.78 Å². The molecule has 1 aliphatic heterocycles. The van der Waals surface area contributed by atoms with Crippen LogP contribution in [0.15, 0.2) is 53.9 Å². The summed E-state index contributed by atoms with van der Waals surface area (Å²) in [5.41, 5.74) is 5.25. The number of quaternary nitrogens is 1. The van der Waals surface area contributed by atoms with E-state index in [0.717, 1.165) is 38.4 Å². The van der Waals surface area contributed by atoms with Crippen molar-refractivity contribution in [3.05, 3.63) is 65.5 Å². The molecule has 0 atom stereocenters. The topological polar surface area (TPSA) is 68.0 Å².